The molecule has 0 bridgehead atoms. The second kappa shape index (κ2) is 5.88. The molecule has 0 fully saturated rings. The van der Waals surface area contributed by atoms with Crippen LogP contribution in [-0.4, -0.2) is 16.0 Å². The lowest BCUT2D eigenvalue weighted by Gasteiger charge is -2.08. The van der Waals surface area contributed by atoms with Gasteiger partial charge in [0.2, 0.25) is 0 Å². The number of aromatic nitrogens is 1. The van der Waals surface area contributed by atoms with Gasteiger partial charge in [0.15, 0.2) is 0 Å². The summed E-state index contributed by atoms with van der Waals surface area (Å²) in [5, 5.41) is 11.9. The highest BCUT2D eigenvalue weighted by Gasteiger charge is 2.32. The highest BCUT2D eigenvalue weighted by atomic mass is 127. The van der Waals surface area contributed by atoms with E-state index in [2.05, 4.69) is 10.3 Å². The largest absolute Gasteiger partial charge is 0.507 e. The fraction of sp³-hybridized carbons (Fsp3) is 0.0769. The van der Waals surface area contributed by atoms with Crippen LogP contribution in [0.15, 0.2) is 36.5 Å². The van der Waals surface area contributed by atoms with Crippen LogP contribution in [0.2, 0.25) is 0 Å². The Morgan fingerprint density at radius 3 is 2.48 bits per heavy atom. The Hall–Kier alpha value is -1.84. The Labute approximate surface area is 131 Å². The van der Waals surface area contributed by atoms with Crippen LogP contribution in [0.1, 0.15) is 16.1 Å². The van der Waals surface area contributed by atoms with E-state index in [4.69, 9.17) is 0 Å². The first-order valence-corrected chi connectivity index (χ1v) is 6.68. The van der Waals surface area contributed by atoms with Gasteiger partial charge < -0.3 is 10.4 Å². The van der Waals surface area contributed by atoms with Crippen LogP contribution in [0.5, 0.6) is 5.75 Å². The number of benzene rings is 1. The zero-order chi connectivity index (χ0) is 15.6. The van der Waals surface area contributed by atoms with Crippen LogP contribution in [0.25, 0.3) is 0 Å². The van der Waals surface area contributed by atoms with Crippen molar-refractivity contribution in [3.63, 3.8) is 0 Å². The van der Waals surface area contributed by atoms with Gasteiger partial charge in [0, 0.05) is 5.56 Å². The van der Waals surface area contributed by atoms with Crippen LogP contribution >= 0.6 is 22.6 Å². The van der Waals surface area contributed by atoms with Gasteiger partial charge in [-0.2, -0.15) is 13.2 Å². The van der Waals surface area contributed by atoms with Crippen LogP contribution in [0.3, 0.4) is 0 Å². The lowest BCUT2D eigenvalue weighted by Crippen LogP contribution is -2.13. The Bertz CT molecular complexity index is 672. The van der Waals surface area contributed by atoms with Crippen molar-refractivity contribution in [2.75, 3.05) is 5.32 Å². The predicted molar refractivity (Wildman–Crippen MR) is 78.0 cm³/mol. The van der Waals surface area contributed by atoms with E-state index < -0.39 is 17.8 Å². The summed E-state index contributed by atoms with van der Waals surface area (Å²) in [6, 6.07) is 6.21. The van der Waals surface area contributed by atoms with Gasteiger partial charge in [-0.15, -0.1) is 0 Å². The van der Waals surface area contributed by atoms with Gasteiger partial charge in [-0.25, -0.2) is 4.98 Å². The quantitative estimate of drug-likeness (QED) is 0.746. The van der Waals surface area contributed by atoms with Crippen LogP contribution < -0.4 is 5.32 Å². The van der Waals surface area contributed by atoms with Crippen molar-refractivity contribution in [3.05, 3.63) is 51.4 Å². The molecule has 0 aliphatic heterocycles. The van der Waals surface area contributed by atoms with Gasteiger partial charge in [0.05, 0.1) is 15.5 Å². The number of nitrogens with zero attached hydrogens (tertiary/aromatic N) is 1. The SMILES string of the molecule is O=C(Nc1ccc(C(F)(F)F)nc1)c1ccc(I)c(O)c1. The van der Waals surface area contributed by atoms with Gasteiger partial charge in [0.25, 0.3) is 5.91 Å². The zero-order valence-corrected chi connectivity index (χ0v) is 12.4. The summed E-state index contributed by atoms with van der Waals surface area (Å²) in [4.78, 5) is 15.1. The van der Waals surface area contributed by atoms with Crippen LogP contribution in [0.4, 0.5) is 18.9 Å². The summed E-state index contributed by atoms with van der Waals surface area (Å²) in [6.07, 6.45) is -3.60. The molecule has 0 aliphatic rings. The Kier molecular flexibility index (Phi) is 4.35. The van der Waals surface area contributed by atoms with Gasteiger partial charge in [0.1, 0.15) is 11.4 Å². The van der Waals surface area contributed by atoms with Gasteiger partial charge >= 0.3 is 6.18 Å². The Morgan fingerprint density at radius 2 is 1.95 bits per heavy atom. The molecule has 0 saturated carbocycles. The molecule has 110 valence electrons. The molecule has 0 radical (unpaired) electrons. The minimum Gasteiger partial charge on any atom is -0.507 e. The van der Waals surface area contributed by atoms with E-state index in [0.717, 1.165) is 18.3 Å². The average molecular weight is 408 g/mol. The zero-order valence-electron chi connectivity index (χ0n) is 10.3. The molecule has 0 aliphatic carbocycles. The van der Waals surface area contributed by atoms with E-state index in [-0.39, 0.29) is 17.0 Å². The molecule has 1 heterocycles. The van der Waals surface area contributed by atoms with Crippen molar-refractivity contribution in [2.24, 2.45) is 0 Å². The average Bonchev–Trinajstić information content (AvgIpc) is 2.41. The fourth-order valence-electron chi connectivity index (χ4n) is 1.49. The molecule has 1 aromatic carbocycles. The molecule has 0 spiro atoms. The normalized spacial score (nSPS) is 11.2. The summed E-state index contributed by atoms with van der Waals surface area (Å²) >= 11 is 1.90. The molecule has 2 N–H and O–H groups in total. The summed E-state index contributed by atoms with van der Waals surface area (Å²) in [5.41, 5.74) is -0.716. The van der Waals surface area contributed by atoms with Crippen molar-refractivity contribution in [1.82, 2.24) is 4.98 Å². The highest BCUT2D eigenvalue weighted by molar-refractivity contribution is 14.1. The number of aromatic hydroxyl groups is 1. The molecular weight excluding hydrogens is 400 g/mol. The lowest BCUT2D eigenvalue weighted by atomic mass is 10.2. The van der Waals surface area contributed by atoms with E-state index >= 15 is 0 Å². The third kappa shape index (κ3) is 3.84. The van der Waals surface area contributed by atoms with Crippen molar-refractivity contribution in [3.8, 4) is 5.75 Å². The lowest BCUT2D eigenvalue weighted by molar-refractivity contribution is -0.141. The molecule has 2 aromatic rings. The monoisotopic (exact) mass is 408 g/mol. The number of phenolic OH excluding ortho intramolecular Hbond substituents is 1. The number of carbonyl (C=O) groups is 1. The highest BCUT2D eigenvalue weighted by Crippen LogP contribution is 2.28. The predicted octanol–water partition coefficient (Wildman–Crippen LogP) is 3.66. The minimum atomic E-state index is -4.52. The fourth-order valence-corrected chi connectivity index (χ4v) is 1.83. The second-order valence-electron chi connectivity index (χ2n) is 4.05. The standard InChI is InChI=1S/C13H8F3IN2O2/c14-13(15,16)11-4-2-8(6-18-11)19-12(21)7-1-3-9(17)10(20)5-7/h1-6,20H,(H,19,21). The number of hydrogen-bond donors (Lipinski definition) is 2. The van der Waals surface area contributed by atoms with Crippen LogP contribution in [-0.2, 0) is 6.18 Å². The maximum absolute atomic E-state index is 12.4. The summed E-state index contributed by atoms with van der Waals surface area (Å²) < 4.78 is 37.6. The molecule has 1 aromatic heterocycles. The number of rotatable bonds is 2. The molecule has 1 amide bonds. The smallest absolute Gasteiger partial charge is 0.433 e. The molecule has 0 unspecified atom stereocenters. The molecule has 0 atom stereocenters. The van der Waals surface area contributed by atoms with Crippen molar-refractivity contribution in [1.29, 1.82) is 0 Å². The molecule has 2 rings (SSSR count). The Balaban J connectivity index is 2.14. The van der Waals surface area contributed by atoms with Crippen molar-refractivity contribution >= 4 is 34.2 Å². The van der Waals surface area contributed by atoms with Gasteiger partial charge in [-0.1, -0.05) is 0 Å². The molecular formula is C13H8F3IN2O2. The first kappa shape index (κ1) is 15.5. The molecule has 21 heavy (non-hydrogen) atoms. The maximum Gasteiger partial charge on any atom is 0.433 e. The second-order valence-corrected chi connectivity index (χ2v) is 5.21. The number of pyridine rings is 1. The number of amides is 1. The Morgan fingerprint density at radius 1 is 1.24 bits per heavy atom. The first-order chi connectivity index (χ1) is 9.77. The van der Waals surface area contributed by atoms with Gasteiger partial charge in [-0.05, 0) is 52.9 Å². The van der Waals surface area contributed by atoms with E-state index in [1.165, 1.54) is 12.1 Å². The van der Waals surface area contributed by atoms with E-state index in [1.807, 2.05) is 22.6 Å². The minimum absolute atomic E-state index is 0.0474. The molecule has 0 saturated heterocycles. The maximum atomic E-state index is 12.4. The number of halogens is 4. The summed E-state index contributed by atoms with van der Waals surface area (Å²) in [5.74, 6) is -0.600. The third-order valence-corrected chi connectivity index (χ3v) is 3.43. The third-order valence-electron chi connectivity index (χ3n) is 2.52. The number of nitrogens with one attached hydrogen (secondary N) is 1. The van der Waals surface area contributed by atoms with E-state index in [9.17, 15) is 23.1 Å². The van der Waals surface area contributed by atoms with E-state index in [1.54, 1.807) is 6.07 Å². The number of anilines is 1. The summed E-state index contributed by atoms with van der Waals surface area (Å²) in [6.45, 7) is 0. The van der Waals surface area contributed by atoms with Crippen molar-refractivity contribution < 1.29 is 23.1 Å². The van der Waals surface area contributed by atoms with Crippen LogP contribution in [0, 0.1) is 3.57 Å². The topological polar surface area (TPSA) is 62.2 Å². The summed E-state index contributed by atoms with van der Waals surface area (Å²) in [7, 11) is 0. The molecule has 4 nitrogen and oxygen atoms in total. The number of alkyl halides is 3. The number of hydrogen-bond acceptors (Lipinski definition) is 3. The van der Waals surface area contributed by atoms with Gasteiger partial charge in [-0.3, -0.25) is 4.79 Å². The van der Waals surface area contributed by atoms with Crippen molar-refractivity contribution in [2.45, 2.75) is 6.18 Å². The first-order valence-electron chi connectivity index (χ1n) is 5.60. The number of phenols is 1. The van der Waals surface area contributed by atoms with E-state index in [0.29, 0.717) is 3.57 Å². The number of carbonyl (C=O) groups excluding carboxylic acids is 1. The molecule has 8 heteroatoms.